The minimum Gasteiger partial charge on any atom is -0.480 e. The molecule has 0 atom stereocenters. The molecule has 0 saturated heterocycles. The number of amides is 1. The molecule has 1 amide bonds. The zero-order chi connectivity index (χ0) is 14.4. The highest BCUT2D eigenvalue weighted by atomic mass is 32.1. The van der Waals surface area contributed by atoms with E-state index in [1.807, 2.05) is 31.3 Å². The van der Waals surface area contributed by atoms with Crippen molar-refractivity contribution in [1.82, 2.24) is 14.8 Å². The van der Waals surface area contributed by atoms with Crippen LogP contribution in [0.4, 0.5) is 0 Å². The molecular weight excluding hydrogens is 266 g/mol. The molecule has 0 aliphatic rings. The second kappa shape index (κ2) is 7.20. The molecular formula is C12H19N3O3S. The van der Waals surface area contributed by atoms with Crippen LogP contribution >= 0.6 is 11.3 Å². The zero-order valence-corrected chi connectivity index (χ0v) is 12.2. The van der Waals surface area contributed by atoms with Gasteiger partial charge in [0.05, 0.1) is 17.1 Å². The van der Waals surface area contributed by atoms with Gasteiger partial charge in [0, 0.05) is 18.5 Å². The number of hydrogen-bond donors (Lipinski definition) is 1. The van der Waals surface area contributed by atoms with Gasteiger partial charge in [-0.25, -0.2) is 4.98 Å². The van der Waals surface area contributed by atoms with Crippen molar-refractivity contribution in [3.05, 3.63) is 16.1 Å². The Labute approximate surface area is 116 Å². The monoisotopic (exact) mass is 285 g/mol. The SMILES string of the molecule is Cc1nc(CC(=O)N(CCN(C)C)CC(=O)O)cs1. The molecule has 19 heavy (non-hydrogen) atoms. The minimum absolute atomic E-state index is 0.158. The van der Waals surface area contributed by atoms with Crippen LogP contribution in [0.2, 0.25) is 0 Å². The van der Waals surface area contributed by atoms with Gasteiger partial charge in [-0.3, -0.25) is 9.59 Å². The smallest absolute Gasteiger partial charge is 0.323 e. The highest BCUT2D eigenvalue weighted by Gasteiger charge is 2.18. The first-order valence-corrected chi connectivity index (χ1v) is 6.81. The van der Waals surface area contributed by atoms with E-state index >= 15 is 0 Å². The van der Waals surface area contributed by atoms with Crippen LogP contribution in [0, 0.1) is 6.92 Å². The molecule has 1 aromatic heterocycles. The second-order valence-corrected chi connectivity index (χ2v) is 5.61. The quantitative estimate of drug-likeness (QED) is 0.788. The lowest BCUT2D eigenvalue weighted by Gasteiger charge is -2.22. The Hall–Kier alpha value is -1.47. The summed E-state index contributed by atoms with van der Waals surface area (Å²) in [5, 5.41) is 11.6. The van der Waals surface area contributed by atoms with Crippen molar-refractivity contribution < 1.29 is 14.7 Å². The molecule has 0 fully saturated rings. The number of likely N-dealkylation sites (N-methyl/N-ethyl adjacent to an activating group) is 1. The van der Waals surface area contributed by atoms with E-state index in [-0.39, 0.29) is 18.9 Å². The third-order valence-electron chi connectivity index (χ3n) is 2.49. The largest absolute Gasteiger partial charge is 0.480 e. The fourth-order valence-electron chi connectivity index (χ4n) is 1.53. The van der Waals surface area contributed by atoms with Crippen LogP contribution in [-0.4, -0.2) is 65.5 Å². The average molecular weight is 285 g/mol. The topological polar surface area (TPSA) is 73.7 Å². The van der Waals surface area contributed by atoms with Crippen LogP contribution in [0.3, 0.4) is 0 Å². The number of rotatable bonds is 7. The molecule has 0 aromatic carbocycles. The summed E-state index contributed by atoms with van der Waals surface area (Å²) >= 11 is 1.48. The Morgan fingerprint density at radius 2 is 2.05 bits per heavy atom. The fraction of sp³-hybridized carbons (Fsp3) is 0.583. The Kier molecular flexibility index (Phi) is 5.91. The number of carboxylic acids is 1. The van der Waals surface area contributed by atoms with Gasteiger partial charge in [-0.15, -0.1) is 11.3 Å². The Morgan fingerprint density at radius 3 is 2.53 bits per heavy atom. The standard InChI is InChI=1S/C12H19N3O3S/c1-9-13-10(8-19-9)6-11(16)15(7-12(17)18)5-4-14(2)3/h8H,4-7H2,1-3H3,(H,17,18). The molecule has 0 aliphatic heterocycles. The van der Waals surface area contributed by atoms with Crippen LogP contribution < -0.4 is 0 Å². The van der Waals surface area contributed by atoms with E-state index in [2.05, 4.69) is 4.98 Å². The maximum Gasteiger partial charge on any atom is 0.323 e. The van der Waals surface area contributed by atoms with E-state index in [1.165, 1.54) is 16.2 Å². The van der Waals surface area contributed by atoms with Crippen LogP contribution in [-0.2, 0) is 16.0 Å². The van der Waals surface area contributed by atoms with E-state index < -0.39 is 5.97 Å². The number of aromatic nitrogens is 1. The molecule has 0 radical (unpaired) electrons. The molecule has 7 heteroatoms. The summed E-state index contributed by atoms with van der Waals surface area (Å²) < 4.78 is 0. The first-order valence-electron chi connectivity index (χ1n) is 5.93. The van der Waals surface area contributed by atoms with Crippen molar-refractivity contribution in [2.24, 2.45) is 0 Å². The summed E-state index contributed by atoms with van der Waals surface area (Å²) in [4.78, 5) is 30.4. The van der Waals surface area contributed by atoms with Crippen molar-refractivity contribution >= 4 is 23.2 Å². The average Bonchev–Trinajstić information content (AvgIpc) is 2.69. The third kappa shape index (κ3) is 5.80. The number of carbonyl (C=O) groups is 2. The summed E-state index contributed by atoms with van der Waals surface area (Å²) in [6.45, 7) is 2.64. The highest BCUT2D eigenvalue weighted by molar-refractivity contribution is 7.09. The number of thiazole rings is 1. The molecule has 1 N–H and O–H groups in total. The van der Waals surface area contributed by atoms with Gasteiger partial charge in [0.25, 0.3) is 0 Å². The van der Waals surface area contributed by atoms with E-state index in [9.17, 15) is 9.59 Å². The Bertz CT molecular complexity index is 445. The molecule has 0 bridgehead atoms. The maximum atomic E-state index is 12.1. The predicted octanol–water partition coefficient (Wildman–Crippen LogP) is 0.469. The molecule has 6 nitrogen and oxygen atoms in total. The number of aryl methyl sites for hydroxylation is 1. The van der Waals surface area contributed by atoms with Gasteiger partial charge in [-0.2, -0.15) is 0 Å². The summed E-state index contributed by atoms with van der Waals surface area (Å²) in [6.07, 6.45) is 0.158. The first-order chi connectivity index (χ1) is 8.88. The molecule has 106 valence electrons. The minimum atomic E-state index is -0.999. The van der Waals surface area contributed by atoms with E-state index in [0.29, 0.717) is 18.8 Å². The second-order valence-electron chi connectivity index (χ2n) is 4.55. The van der Waals surface area contributed by atoms with Crippen molar-refractivity contribution in [2.45, 2.75) is 13.3 Å². The lowest BCUT2D eigenvalue weighted by atomic mass is 10.3. The van der Waals surface area contributed by atoms with Crippen LogP contribution in [0.1, 0.15) is 10.7 Å². The van der Waals surface area contributed by atoms with Gasteiger partial charge in [0.2, 0.25) is 5.91 Å². The first kappa shape index (κ1) is 15.6. The number of carboxylic acid groups (broad SMARTS) is 1. The highest BCUT2D eigenvalue weighted by Crippen LogP contribution is 2.09. The molecule has 0 aliphatic carbocycles. The lowest BCUT2D eigenvalue weighted by Crippen LogP contribution is -2.40. The molecule has 1 aromatic rings. The molecule has 0 spiro atoms. The maximum absolute atomic E-state index is 12.1. The zero-order valence-electron chi connectivity index (χ0n) is 11.4. The van der Waals surface area contributed by atoms with Crippen LogP contribution in [0.5, 0.6) is 0 Å². The van der Waals surface area contributed by atoms with Gasteiger partial charge >= 0.3 is 5.97 Å². The molecule has 0 unspecified atom stereocenters. The number of hydrogen-bond acceptors (Lipinski definition) is 5. The molecule has 1 rings (SSSR count). The summed E-state index contributed by atoms with van der Waals surface area (Å²) in [6, 6.07) is 0. The van der Waals surface area contributed by atoms with Crippen molar-refractivity contribution in [2.75, 3.05) is 33.7 Å². The van der Waals surface area contributed by atoms with Gasteiger partial charge < -0.3 is 14.9 Å². The summed E-state index contributed by atoms with van der Waals surface area (Å²) in [7, 11) is 3.76. The van der Waals surface area contributed by atoms with Crippen molar-refractivity contribution in [3.63, 3.8) is 0 Å². The van der Waals surface area contributed by atoms with E-state index in [0.717, 1.165) is 5.01 Å². The van der Waals surface area contributed by atoms with Gasteiger partial charge in [0.15, 0.2) is 0 Å². The Balaban J connectivity index is 2.62. The molecule has 1 heterocycles. The lowest BCUT2D eigenvalue weighted by molar-refractivity contribution is -0.144. The van der Waals surface area contributed by atoms with E-state index in [1.54, 1.807) is 0 Å². The van der Waals surface area contributed by atoms with Gasteiger partial charge in [-0.05, 0) is 21.0 Å². The van der Waals surface area contributed by atoms with Crippen molar-refractivity contribution in [1.29, 1.82) is 0 Å². The normalized spacial score (nSPS) is 10.7. The van der Waals surface area contributed by atoms with Crippen LogP contribution in [0.25, 0.3) is 0 Å². The predicted molar refractivity (Wildman–Crippen MR) is 73.3 cm³/mol. The van der Waals surface area contributed by atoms with E-state index in [4.69, 9.17) is 5.11 Å². The van der Waals surface area contributed by atoms with Gasteiger partial charge in [-0.1, -0.05) is 0 Å². The van der Waals surface area contributed by atoms with Gasteiger partial charge in [0.1, 0.15) is 6.54 Å². The fourth-order valence-corrected chi connectivity index (χ4v) is 2.14. The number of aliphatic carboxylic acids is 1. The number of nitrogens with zero attached hydrogens (tertiary/aromatic N) is 3. The Morgan fingerprint density at radius 1 is 1.37 bits per heavy atom. The summed E-state index contributed by atoms with van der Waals surface area (Å²) in [5.74, 6) is -1.20. The number of carbonyl (C=O) groups excluding carboxylic acids is 1. The van der Waals surface area contributed by atoms with Crippen LogP contribution in [0.15, 0.2) is 5.38 Å². The molecule has 0 saturated carbocycles. The van der Waals surface area contributed by atoms with Crippen molar-refractivity contribution in [3.8, 4) is 0 Å². The summed E-state index contributed by atoms with van der Waals surface area (Å²) in [5.41, 5.74) is 0.702. The third-order valence-corrected chi connectivity index (χ3v) is 3.32.